The van der Waals surface area contributed by atoms with Gasteiger partial charge in [-0.2, -0.15) is 0 Å². The van der Waals surface area contributed by atoms with Gasteiger partial charge in [-0.15, -0.1) is 0 Å². The minimum absolute atomic E-state index is 0.0744. The van der Waals surface area contributed by atoms with Gasteiger partial charge in [0.1, 0.15) is 0 Å². The summed E-state index contributed by atoms with van der Waals surface area (Å²) in [4.78, 5) is 23.0. The predicted molar refractivity (Wildman–Crippen MR) is 97.0 cm³/mol. The number of rotatable bonds is 7. The van der Waals surface area contributed by atoms with E-state index in [0.717, 1.165) is 17.7 Å². The van der Waals surface area contributed by atoms with Gasteiger partial charge in [0.15, 0.2) is 11.9 Å². The molecule has 0 aliphatic carbocycles. The number of nitrogens with zero attached hydrogens (tertiary/aromatic N) is 1. The Kier molecular flexibility index (Phi) is 6.11. The fraction of sp³-hybridized carbons (Fsp3) is 0.316. The number of carbonyl (C=O) groups is 1. The molecule has 6 heteroatoms. The van der Waals surface area contributed by atoms with E-state index in [1.54, 1.807) is 19.1 Å². The largest absolute Gasteiger partial charge is 0.474 e. The lowest BCUT2D eigenvalue weighted by Crippen LogP contribution is -2.30. The maximum absolute atomic E-state index is 12.5. The number of hydrogen-bond donors (Lipinski definition) is 1. The summed E-state index contributed by atoms with van der Waals surface area (Å²) in [7, 11) is 0. The van der Waals surface area contributed by atoms with Gasteiger partial charge in [-0.3, -0.25) is 14.9 Å². The van der Waals surface area contributed by atoms with Gasteiger partial charge >= 0.3 is 5.69 Å². The highest BCUT2D eigenvalue weighted by Crippen LogP contribution is 2.28. The Morgan fingerprint density at radius 3 is 2.48 bits per heavy atom. The first-order valence-corrected chi connectivity index (χ1v) is 8.23. The molecule has 0 saturated carbocycles. The zero-order valence-electron chi connectivity index (χ0n) is 14.6. The summed E-state index contributed by atoms with van der Waals surface area (Å²) in [5, 5.41) is 13.9. The molecule has 0 unspecified atom stereocenters. The molecule has 2 aromatic carbocycles. The van der Waals surface area contributed by atoms with Crippen molar-refractivity contribution in [3.05, 3.63) is 64.2 Å². The molecule has 0 heterocycles. The summed E-state index contributed by atoms with van der Waals surface area (Å²) < 4.78 is 5.51. The Morgan fingerprint density at radius 1 is 1.16 bits per heavy atom. The number of benzene rings is 2. The van der Waals surface area contributed by atoms with Crippen LogP contribution >= 0.6 is 0 Å². The predicted octanol–water partition coefficient (Wildman–Crippen LogP) is 4.51. The van der Waals surface area contributed by atoms with Crippen molar-refractivity contribution < 1.29 is 14.5 Å². The van der Waals surface area contributed by atoms with Crippen LogP contribution in [0.1, 0.15) is 38.7 Å². The van der Waals surface area contributed by atoms with E-state index in [0.29, 0.717) is 5.92 Å². The highest BCUT2D eigenvalue weighted by Gasteiger charge is 2.21. The third-order valence-electron chi connectivity index (χ3n) is 4.10. The quantitative estimate of drug-likeness (QED) is 0.593. The second-order valence-electron chi connectivity index (χ2n) is 5.87. The molecular weight excluding hydrogens is 320 g/mol. The van der Waals surface area contributed by atoms with Crippen LogP contribution in [0.5, 0.6) is 5.75 Å². The number of para-hydroxylation sites is 3. The van der Waals surface area contributed by atoms with E-state index < -0.39 is 11.0 Å². The highest BCUT2D eigenvalue weighted by molar-refractivity contribution is 5.95. The van der Waals surface area contributed by atoms with E-state index in [1.807, 2.05) is 24.3 Å². The van der Waals surface area contributed by atoms with Crippen molar-refractivity contribution in [3.63, 3.8) is 0 Å². The van der Waals surface area contributed by atoms with Gasteiger partial charge in [0.2, 0.25) is 0 Å². The Bertz CT molecular complexity index is 761. The monoisotopic (exact) mass is 342 g/mol. The van der Waals surface area contributed by atoms with Crippen molar-refractivity contribution in [2.75, 3.05) is 5.32 Å². The first-order chi connectivity index (χ1) is 11.9. The van der Waals surface area contributed by atoms with E-state index in [9.17, 15) is 14.9 Å². The van der Waals surface area contributed by atoms with Crippen molar-refractivity contribution in [3.8, 4) is 5.75 Å². The molecule has 0 fully saturated rings. The highest BCUT2D eigenvalue weighted by atomic mass is 16.6. The molecule has 0 aliphatic rings. The number of carbonyl (C=O) groups excluding carboxylic acids is 1. The second kappa shape index (κ2) is 8.28. The summed E-state index contributed by atoms with van der Waals surface area (Å²) >= 11 is 0. The van der Waals surface area contributed by atoms with Crippen molar-refractivity contribution in [1.29, 1.82) is 0 Å². The molecule has 2 atom stereocenters. The smallest absolute Gasteiger partial charge is 0.310 e. The van der Waals surface area contributed by atoms with Crippen LogP contribution < -0.4 is 10.1 Å². The Labute approximate surface area is 147 Å². The van der Waals surface area contributed by atoms with Gasteiger partial charge in [-0.1, -0.05) is 44.2 Å². The molecule has 0 aliphatic heterocycles. The van der Waals surface area contributed by atoms with Crippen LogP contribution in [0.4, 0.5) is 11.4 Å². The van der Waals surface area contributed by atoms with E-state index >= 15 is 0 Å². The number of nitrogens with one attached hydrogen (secondary N) is 1. The van der Waals surface area contributed by atoms with Crippen LogP contribution in [0.25, 0.3) is 0 Å². The van der Waals surface area contributed by atoms with Gasteiger partial charge in [0, 0.05) is 11.8 Å². The van der Waals surface area contributed by atoms with Crippen LogP contribution in [-0.2, 0) is 4.79 Å². The first kappa shape index (κ1) is 18.4. The van der Waals surface area contributed by atoms with E-state index in [-0.39, 0.29) is 17.3 Å². The number of anilines is 1. The molecular formula is C19H22N2O4. The SMILES string of the molecule is CC[C@@H](C)c1ccccc1NC(=O)[C@H](C)Oc1ccccc1[N+](=O)[O-]. The number of hydrogen-bond acceptors (Lipinski definition) is 4. The van der Waals surface area contributed by atoms with Crippen molar-refractivity contribution >= 4 is 17.3 Å². The topological polar surface area (TPSA) is 81.5 Å². The average Bonchev–Trinajstić information content (AvgIpc) is 2.61. The number of nitro groups is 1. The Balaban J connectivity index is 2.13. The van der Waals surface area contributed by atoms with Crippen LogP contribution in [0.2, 0.25) is 0 Å². The van der Waals surface area contributed by atoms with E-state index in [1.165, 1.54) is 12.1 Å². The lowest BCUT2D eigenvalue weighted by atomic mass is 9.97. The fourth-order valence-corrected chi connectivity index (χ4v) is 2.45. The third-order valence-corrected chi connectivity index (χ3v) is 4.10. The molecule has 0 radical (unpaired) electrons. The Hall–Kier alpha value is -2.89. The van der Waals surface area contributed by atoms with Gasteiger partial charge in [0.05, 0.1) is 4.92 Å². The van der Waals surface area contributed by atoms with Crippen LogP contribution in [0.15, 0.2) is 48.5 Å². The molecule has 0 saturated heterocycles. The van der Waals surface area contributed by atoms with Crippen molar-refractivity contribution in [1.82, 2.24) is 0 Å². The molecule has 25 heavy (non-hydrogen) atoms. The average molecular weight is 342 g/mol. The summed E-state index contributed by atoms with van der Waals surface area (Å²) in [6.07, 6.45) is 0.0842. The van der Waals surface area contributed by atoms with Gasteiger partial charge in [-0.25, -0.2) is 0 Å². The van der Waals surface area contributed by atoms with E-state index in [4.69, 9.17) is 4.74 Å². The van der Waals surface area contributed by atoms with E-state index in [2.05, 4.69) is 19.2 Å². The molecule has 6 nitrogen and oxygen atoms in total. The van der Waals surface area contributed by atoms with Crippen LogP contribution in [-0.4, -0.2) is 16.9 Å². The zero-order chi connectivity index (χ0) is 18.4. The maximum Gasteiger partial charge on any atom is 0.310 e. The fourth-order valence-electron chi connectivity index (χ4n) is 2.45. The molecule has 2 aromatic rings. The number of ether oxygens (including phenoxy) is 1. The van der Waals surface area contributed by atoms with Gasteiger partial charge in [-0.05, 0) is 37.0 Å². The van der Waals surface area contributed by atoms with Crippen molar-refractivity contribution in [2.45, 2.75) is 39.2 Å². The molecule has 1 amide bonds. The van der Waals surface area contributed by atoms with Crippen molar-refractivity contribution in [2.24, 2.45) is 0 Å². The minimum Gasteiger partial charge on any atom is -0.474 e. The van der Waals surface area contributed by atoms with Crippen LogP contribution in [0.3, 0.4) is 0 Å². The summed E-state index contributed by atoms with van der Waals surface area (Å²) in [6.45, 7) is 5.75. The van der Waals surface area contributed by atoms with Crippen LogP contribution in [0, 0.1) is 10.1 Å². The molecule has 0 aromatic heterocycles. The molecule has 2 rings (SSSR count). The zero-order valence-corrected chi connectivity index (χ0v) is 14.6. The molecule has 0 spiro atoms. The molecule has 0 bridgehead atoms. The molecule has 132 valence electrons. The third kappa shape index (κ3) is 4.56. The summed E-state index contributed by atoms with van der Waals surface area (Å²) in [5.74, 6) is 0.0298. The second-order valence-corrected chi connectivity index (χ2v) is 5.87. The minimum atomic E-state index is -0.869. The van der Waals surface area contributed by atoms with Gasteiger partial charge in [0.25, 0.3) is 5.91 Å². The van der Waals surface area contributed by atoms with Gasteiger partial charge < -0.3 is 10.1 Å². The molecule has 1 N–H and O–H groups in total. The first-order valence-electron chi connectivity index (χ1n) is 8.23. The standard InChI is InChI=1S/C19H22N2O4/c1-4-13(2)15-9-5-6-10-16(15)20-19(22)14(3)25-18-12-8-7-11-17(18)21(23)24/h5-14H,4H2,1-3H3,(H,20,22)/t13-,14+/m1/s1. The normalized spacial score (nSPS) is 12.9. The maximum atomic E-state index is 12.5. The Morgan fingerprint density at radius 2 is 1.80 bits per heavy atom. The summed E-state index contributed by atoms with van der Waals surface area (Å²) in [6, 6.07) is 13.6. The number of amides is 1. The lowest BCUT2D eigenvalue weighted by Gasteiger charge is -2.18. The number of nitro benzene ring substituents is 1. The lowest BCUT2D eigenvalue weighted by molar-refractivity contribution is -0.386. The summed E-state index contributed by atoms with van der Waals surface area (Å²) in [5.41, 5.74) is 1.62.